The Morgan fingerprint density at radius 3 is 2.48 bits per heavy atom. The smallest absolute Gasteiger partial charge is 0.263 e. The molecule has 0 amide bonds. The van der Waals surface area contributed by atoms with Crippen molar-refractivity contribution in [3.63, 3.8) is 0 Å². The molecule has 0 saturated carbocycles. The maximum atomic E-state index is 12.5. The van der Waals surface area contributed by atoms with Crippen LogP contribution in [0, 0.1) is 20.8 Å². The third-order valence-corrected chi connectivity index (χ3v) is 5.41. The van der Waals surface area contributed by atoms with E-state index in [0.717, 1.165) is 10.0 Å². The molecule has 0 aliphatic rings. The summed E-state index contributed by atoms with van der Waals surface area (Å²) in [6.45, 7) is 5.28. The fraction of sp³-hybridized carbons (Fsp3) is 0.214. The number of nitrogens with one attached hydrogen (secondary N) is 1. The number of hydrogen-bond donors (Lipinski definition) is 2. The Kier molecular flexibility index (Phi) is 4.25. The molecule has 1 aromatic carbocycles. The number of sulfonamides is 1. The van der Waals surface area contributed by atoms with E-state index in [4.69, 9.17) is 5.73 Å². The van der Waals surface area contributed by atoms with Gasteiger partial charge in [-0.1, -0.05) is 0 Å². The molecule has 3 N–H and O–H groups in total. The fourth-order valence-corrected chi connectivity index (χ4v) is 3.51. The van der Waals surface area contributed by atoms with Crippen molar-refractivity contribution >= 4 is 37.5 Å². The summed E-state index contributed by atoms with van der Waals surface area (Å²) in [6.07, 6.45) is 0. The minimum absolute atomic E-state index is 0.169. The standard InChI is InChI=1S/C14H16BrN3O2S/c1-8-6-12(16)9(2)13(7-8)21(19,20)18-14-5-4-11(15)10(3)17-14/h4-7H,16H2,1-3H3,(H,17,18). The van der Waals surface area contributed by atoms with E-state index in [1.807, 2.05) is 0 Å². The van der Waals surface area contributed by atoms with Gasteiger partial charge in [0.2, 0.25) is 0 Å². The van der Waals surface area contributed by atoms with E-state index < -0.39 is 10.0 Å². The molecular weight excluding hydrogens is 354 g/mol. The molecule has 5 nitrogen and oxygen atoms in total. The highest BCUT2D eigenvalue weighted by molar-refractivity contribution is 9.10. The van der Waals surface area contributed by atoms with Gasteiger partial charge >= 0.3 is 0 Å². The number of aromatic nitrogens is 1. The van der Waals surface area contributed by atoms with Crippen molar-refractivity contribution in [1.29, 1.82) is 0 Å². The lowest BCUT2D eigenvalue weighted by Gasteiger charge is -2.13. The average Bonchev–Trinajstić information content (AvgIpc) is 2.37. The van der Waals surface area contributed by atoms with Gasteiger partial charge in [-0.05, 0) is 72.1 Å². The molecule has 0 fully saturated rings. The minimum atomic E-state index is -3.73. The third-order valence-electron chi connectivity index (χ3n) is 3.09. The number of hydrogen-bond acceptors (Lipinski definition) is 4. The van der Waals surface area contributed by atoms with Crippen LogP contribution < -0.4 is 10.5 Å². The molecule has 0 spiro atoms. The zero-order valence-electron chi connectivity index (χ0n) is 11.9. The van der Waals surface area contributed by atoms with Gasteiger partial charge in [-0.15, -0.1) is 0 Å². The van der Waals surface area contributed by atoms with Crippen molar-refractivity contribution in [3.05, 3.63) is 45.6 Å². The van der Waals surface area contributed by atoms with E-state index in [1.165, 1.54) is 0 Å². The molecular formula is C14H16BrN3O2S. The van der Waals surface area contributed by atoms with Crippen molar-refractivity contribution in [1.82, 2.24) is 4.98 Å². The van der Waals surface area contributed by atoms with E-state index in [0.29, 0.717) is 16.9 Å². The Hall–Kier alpha value is -1.60. The number of nitrogens with two attached hydrogens (primary N) is 1. The van der Waals surface area contributed by atoms with Crippen LogP contribution in [-0.2, 0) is 10.0 Å². The lowest BCUT2D eigenvalue weighted by molar-refractivity contribution is 0.600. The van der Waals surface area contributed by atoms with E-state index in [9.17, 15) is 8.42 Å². The zero-order chi connectivity index (χ0) is 15.8. The lowest BCUT2D eigenvalue weighted by atomic mass is 10.1. The van der Waals surface area contributed by atoms with Gasteiger partial charge in [0.1, 0.15) is 5.82 Å². The Morgan fingerprint density at radius 1 is 1.19 bits per heavy atom. The van der Waals surface area contributed by atoms with E-state index in [2.05, 4.69) is 25.6 Å². The largest absolute Gasteiger partial charge is 0.398 e. The Morgan fingerprint density at radius 2 is 1.86 bits per heavy atom. The number of rotatable bonds is 3. The van der Waals surface area contributed by atoms with E-state index in [1.54, 1.807) is 45.0 Å². The van der Waals surface area contributed by atoms with Gasteiger partial charge < -0.3 is 5.73 Å². The van der Waals surface area contributed by atoms with Gasteiger partial charge in [0.25, 0.3) is 10.0 Å². The zero-order valence-corrected chi connectivity index (χ0v) is 14.3. The highest BCUT2D eigenvalue weighted by Gasteiger charge is 2.19. The van der Waals surface area contributed by atoms with Crippen molar-refractivity contribution in [2.24, 2.45) is 0 Å². The summed E-state index contributed by atoms with van der Waals surface area (Å²) in [5.74, 6) is 0.273. The van der Waals surface area contributed by atoms with Crippen molar-refractivity contribution in [3.8, 4) is 0 Å². The van der Waals surface area contributed by atoms with Crippen LogP contribution in [0.2, 0.25) is 0 Å². The summed E-state index contributed by atoms with van der Waals surface area (Å²) < 4.78 is 28.3. The summed E-state index contributed by atoms with van der Waals surface area (Å²) >= 11 is 3.33. The predicted molar refractivity (Wildman–Crippen MR) is 87.8 cm³/mol. The highest BCUT2D eigenvalue weighted by Crippen LogP contribution is 2.25. The van der Waals surface area contributed by atoms with Crippen LogP contribution >= 0.6 is 15.9 Å². The molecule has 0 unspecified atom stereocenters. The SMILES string of the molecule is Cc1cc(N)c(C)c(S(=O)(=O)Nc2ccc(Br)c(C)n2)c1. The summed E-state index contributed by atoms with van der Waals surface area (Å²) in [5, 5.41) is 0. The second-order valence-electron chi connectivity index (χ2n) is 4.85. The maximum Gasteiger partial charge on any atom is 0.263 e. The molecule has 21 heavy (non-hydrogen) atoms. The summed E-state index contributed by atoms with van der Waals surface area (Å²) in [6, 6.07) is 6.69. The Labute approximate surface area is 132 Å². The molecule has 0 aliphatic heterocycles. The Bertz CT molecular complexity index is 804. The average molecular weight is 370 g/mol. The minimum Gasteiger partial charge on any atom is -0.398 e. The van der Waals surface area contributed by atoms with Gasteiger partial charge in [0.15, 0.2) is 0 Å². The number of aryl methyl sites for hydroxylation is 2. The first-order valence-corrected chi connectivity index (χ1v) is 8.51. The molecule has 0 atom stereocenters. The summed E-state index contributed by atoms with van der Waals surface area (Å²) in [5.41, 5.74) is 8.32. The number of anilines is 2. The molecule has 0 radical (unpaired) electrons. The van der Waals surface area contributed by atoms with Gasteiger partial charge in [0, 0.05) is 10.2 Å². The third kappa shape index (κ3) is 3.36. The number of nitrogens with zero attached hydrogens (tertiary/aromatic N) is 1. The van der Waals surface area contributed by atoms with Crippen molar-refractivity contribution < 1.29 is 8.42 Å². The molecule has 7 heteroatoms. The number of nitrogen functional groups attached to an aromatic ring is 1. The van der Waals surface area contributed by atoms with Crippen molar-refractivity contribution in [2.75, 3.05) is 10.5 Å². The van der Waals surface area contributed by atoms with Crippen LogP contribution in [0.3, 0.4) is 0 Å². The van der Waals surface area contributed by atoms with E-state index >= 15 is 0 Å². The molecule has 1 heterocycles. The van der Waals surface area contributed by atoms with Crippen LogP contribution in [0.15, 0.2) is 33.6 Å². The lowest BCUT2D eigenvalue weighted by Crippen LogP contribution is -2.16. The van der Waals surface area contributed by atoms with Gasteiger partial charge in [-0.2, -0.15) is 0 Å². The van der Waals surface area contributed by atoms with Gasteiger partial charge in [0.05, 0.1) is 10.6 Å². The van der Waals surface area contributed by atoms with Crippen LogP contribution in [-0.4, -0.2) is 13.4 Å². The van der Waals surface area contributed by atoms with Gasteiger partial charge in [-0.25, -0.2) is 13.4 Å². The van der Waals surface area contributed by atoms with Crippen LogP contribution in [0.5, 0.6) is 0 Å². The molecule has 0 saturated heterocycles. The second-order valence-corrected chi connectivity index (χ2v) is 7.35. The van der Waals surface area contributed by atoms with Crippen LogP contribution in [0.4, 0.5) is 11.5 Å². The van der Waals surface area contributed by atoms with Crippen LogP contribution in [0.1, 0.15) is 16.8 Å². The summed E-state index contributed by atoms with van der Waals surface area (Å²) in [4.78, 5) is 4.36. The van der Waals surface area contributed by atoms with E-state index in [-0.39, 0.29) is 10.7 Å². The number of halogens is 1. The first-order chi connectivity index (χ1) is 9.70. The fourth-order valence-electron chi connectivity index (χ4n) is 1.93. The Balaban J connectivity index is 2.45. The molecule has 0 bridgehead atoms. The molecule has 112 valence electrons. The topological polar surface area (TPSA) is 85.1 Å². The monoisotopic (exact) mass is 369 g/mol. The normalized spacial score (nSPS) is 11.4. The maximum absolute atomic E-state index is 12.5. The van der Waals surface area contributed by atoms with Gasteiger partial charge in [-0.3, -0.25) is 4.72 Å². The summed E-state index contributed by atoms with van der Waals surface area (Å²) in [7, 11) is -3.73. The quantitative estimate of drug-likeness (QED) is 0.813. The predicted octanol–water partition coefficient (Wildman–Crippen LogP) is 3.15. The number of benzene rings is 1. The molecule has 0 aliphatic carbocycles. The highest BCUT2D eigenvalue weighted by atomic mass is 79.9. The molecule has 2 aromatic rings. The molecule has 2 rings (SSSR count). The first kappa shape index (κ1) is 15.8. The molecule has 1 aromatic heterocycles. The van der Waals surface area contributed by atoms with Crippen LogP contribution in [0.25, 0.3) is 0 Å². The second kappa shape index (κ2) is 5.65. The van der Waals surface area contributed by atoms with Crippen molar-refractivity contribution in [2.45, 2.75) is 25.7 Å². The number of pyridine rings is 1. The first-order valence-electron chi connectivity index (χ1n) is 6.23.